The fraction of sp³-hybridized carbons (Fsp3) is 0.286. The lowest BCUT2D eigenvalue weighted by Gasteiger charge is -2.24. The summed E-state index contributed by atoms with van der Waals surface area (Å²) in [5, 5.41) is 8.40. The predicted octanol–water partition coefficient (Wildman–Crippen LogP) is 5.28. The average molecular weight is 433 g/mol. The Balaban J connectivity index is 0.00000196. The van der Waals surface area contributed by atoms with Gasteiger partial charge in [-0.15, -0.1) is 12.4 Å². The number of hydrogen-bond acceptors (Lipinski definition) is 2. The molecule has 1 aliphatic carbocycles. The van der Waals surface area contributed by atoms with Crippen molar-refractivity contribution in [2.24, 2.45) is 0 Å². The molecule has 3 nitrogen and oxygen atoms in total. The lowest BCUT2D eigenvalue weighted by Crippen LogP contribution is -2.25. The highest BCUT2D eigenvalue weighted by atomic mass is 79.9. The zero-order valence-electron chi connectivity index (χ0n) is 14.6. The average Bonchev–Trinajstić information content (AvgIpc) is 3.06. The van der Waals surface area contributed by atoms with Crippen molar-refractivity contribution in [3.63, 3.8) is 0 Å². The molecule has 1 unspecified atom stereocenters. The summed E-state index contributed by atoms with van der Waals surface area (Å²) in [6.07, 6.45) is 5.58. The van der Waals surface area contributed by atoms with Crippen molar-refractivity contribution in [3.05, 3.63) is 87.7 Å². The summed E-state index contributed by atoms with van der Waals surface area (Å²) in [5.74, 6) is 0. The van der Waals surface area contributed by atoms with Crippen LogP contribution in [0.5, 0.6) is 0 Å². The van der Waals surface area contributed by atoms with Crippen LogP contribution < -0.4 is 5.32 Å². The zero-order valence-corrected chi connectivity index (χ0v) is 17.0. The highest BCUT2D eigenvalue weighted by molar-refractivity contribution is 9.10. The number of rotatable bonds is 5. The van der Waals surface area contributed by atoms with Crippen LogP contribution in [-0.2, 0) is 19.5 Å². The molecule has 136 valence electrons. The van der Waals surface area contributed by atoms with E-state index in [2.05, 4.69) is 91.8 Å². The van der Waals surface area contributed by atoms with Gasteiger partial charge in [-0.25, -0.2) is 0 Å². The first-order valence-corrected chi connectivity index (χ1v) is 9.65. The summed E-state index contributed by atoms with van der Waals surface area (Å²) >= 11 is 3.49. The molecule has 0 amide bonds. The standard InChI is InChI=1S/C21H22BrN3.ClH/c22-18-11-9-16(10-12-18)13-23-20-7-4-8-21-19(20)14-24-25(21)15-17-5-2-1-3-6-17;/h1-3,5-6,9-12,14,20,23H,4,7-8,13,15H2;1H. The van der Waals surface area contributed by atoms with E-state index in [1.54, 1.807) is 0 Å². The molecule has 0 bridgehead atoms. The third-order valence-corrected chi connectivity index (χ3v) is 5.43. The molecule has 0 saturated carbocycles. The van der Waals surface area contributed by atoms with E-state index in [1.807, 2.05) is 0 Å². The largest absolute Gasteiger partial charge is 0.306 e. The number of halogens is 2. The third-order valence-electron chi connectivity index (χ3n) is 4.90. The molecule has 1 N–H and O–H groups in total. The van der Waals surface area contributed by atoms with E-state index in [4.69, 9.17) is 0 Å². The Kier molecular flexibility index (Phi) is 6.52. The molecule has 0 spiro atoms. The minimum atomic E-state index is 0. The zero-order chi connectivity index (χ0) is 17.1. The van der Waals surface area contributed by atoms with Crippen LogP contribution >= 0.6 is 28.3 Å². The number of hydrogen-bond donors (Lipinski definition) is 1. The van der Waals surface area contributed by atoms with Gasteiger partial charge >= 0.3 is 0 Å². The van der Waals surface area contributed by atoms with E-state index >= 15 is 0 Å². The molecule has 0 fully saturated rings. The molecule has 1 heterocycles. The Labute approximate surface area is 169 Å². The number of nitrogens with one attached hydrogen (secondary N) is 1. The van der Waals surface area contributed by atoms with Crippen molar-refractivity contribution < 1.29 is 0 Å². The van der Waals surface area contributed by atoms with Crippen LogP contribution in [0.4, 0.5) is 0 Å². The maximum atomic E-state index is 4.68. The monoisotopic (exact) mass is 431 g/mol. The molecular formula is C21H23BrClN3. The van der Waals surface area contributed by atoms with E-state index in [-0.39, 0.29) is 12.4 Å². The Morgan fingerprint density at radius 2 is 1.81 bits per heavy atom. The predicted molar refractivity (Wildman–Crippen MR) is 112 cm³/mol. The lowest BCUT2D eigenvalue weighted by atomic mass is 9.92. The second-order valence-electron chi connectivity index (χ2n) is 6.64. The maximum absolute atomic E-state index is 4.68. The highest BCUT2D eigenvalue weighted by Gasteiger charge is 2.23. The second-order valence-corrected chi connectivity index (χ2v) is 7.56. The van der Waals surface area contributed by atoms with Gasteiger partial charge < -0.3 is 5.32 Å². The van der Waals surface area contributed by atoms with Gasteiger partial charge in [-0.2, -0.15) is 5.10 Å². The first-order chi connectivity index (χ1) is 12.3. The molecule has 26 heavy (non-hydrogen) atoms. The minimum Gasteiger partial charge on any atom is -0.306 e. The van der Waals surface area contributed by atoms with E-state index < -0.39 is 0 Å². The summed E-state index contributed by atoms with van der Waals surface area (Å²) in [6, 6.07) is 19.5. The van der Waals surface area contributed by atoms with Crippen LogP contribution in [0.1, 0.15) is 41.3 Å². The van der Waals surface area contributed by atoms with Crippen molar-refractivity contribution in [1.82, 2.24) is 15.1 Å². The summed E-state index contributed by atoms with van der Waals surface area (Å²) in [4.78, 5) is 0. The van der Waals surface area contributed by atoms with Gasteiger partial charge in [0, 0.05) is 28.3 Å². The first-order valence-electron chi connectivity index (χ1n) is 8.86. The van der Waals surface area contributed by atoms with Gasteiger partial charge in [0.05, 0.1) is 12.7 Å². The van der Waals surface area contributed by atoms with Crippen LogP contribution in [-0.4, -0.2) is 9.78 Å². The topological polar surface area (TPSA) is 29.9 Å². The Hall–Kier alpha value is -1.62. The smallest absolute Gasteiger partial charge is 0.0662 e. The number of nitrogens with zero attached hydrogens (tertiary/aromatic N) is 2. The van der Waals surface area contributed by atoms with Gasteiger partial charge in [-0.1, -0.05) is 58.4 Å². The molecule has 1 aliphatic rings. The van der Waals surface area contributed by atoms with Crippen LogP contribution in [0.3, 0.4) is 0 Å². The molecule has 1 atom stereocenters. The van der Waals surface area contributed by atoms with Crippen LogP contribution in [0, 0.1) is 0 Å². The fourth-order valence-corrected chi connectivity index (χ4v) is 3.83. The summed E-state index contributed by atoms with van der Waals surface area (Å²) < 4.78 is 3.30. The Bertz CT molecular complexity index is 830. The minimum absolute atomic E-state index is 0. The highest BCUT2D eigenvalue weighted by Crippen LogP contribution is 2.30. The molecule has 0 aliphatic heterocycles. The van der Waals surface area contributed by atoms with Gasteiger partial charge in [-0.3, -0.25) is 4.68 Å². The summed E-state index contributed by atoms with van der Waals surface area (Å²) in [7, 11) is 0. The molecule has 1 aromatic heterocycles. The first kappa shape index (κ1) is 19.2. The molecule has 2 aromatic carbocycles. The molecule has 4 rings (SSSR count). The fourth-order valence-electron chi connectivity index (χ4n) is 3.57. The van der Waals surface area contributed by atoms with Crippen LogP contribution in [0.2, 0.25) is 0 Å². The van der Waals surface area contributed by atoms with Gasteiger partial charge in [0.2, 0.25) is 0 Å². The van der Waals surface area contributed by atoms with E-state index in [0.29, 0.717) is 6.04 Å². The molecule has 5 heteroatoms. The normalized spacial score (nSPS) is 16.0. The Morgan fingerprint density at radius 3 is 2.58 bits per heavy atom. The Morgan fingerprint density at radius 1 is 1.04 bits per heavy atom. The number of benzene rings is 2. The summed E-state index contributed by atoms with van der Waals surface area (Å²) in [5.41, 5.74) is 5.38. The van der Waals surface area contributed by atoms with Crippen LogP contribution in [0.25, 0.3) is 0 Å². The van der Waals surface area contributed by atoms with Gasteiger partial charge in [0.1, 0.15) is 0 Å². The van der Waals surface area contributed by atoms with Crippen molar-refractivity contribution in [1.29, 1.82) is 0 Å². The van der Waals surface area contributed by atoms with Crippen molar-refractivity contribution in [3.8, 4) is 0 Å². The van der Waals surface area contributed by atoms with Crippen molar-refractivity contribution in [2.75, 3.05) is 0 Å². The third kappa shape index (κ3) is 4.37. The van der Waals surface area contributed by atoms with E-state index in [1.165, 1.54) is 35.2 Å². The van der Waals surface area contributed by atoms with Crippen molar-refractivity contribution in [2.45, 2.75) is 38.4 Å². The molecule has 0 saturated heterocycles. The summed E-state index contributed by atoms with van der Waals surface area (Å²) in [6.45, 7) is 1.75. The van der Waals surface area contributed by atoms with E-state index in [0.717, 1.165) is 24.0 Å². The quantitative estimate of drug-likeness (QED) is 0.594. The maximum Gasteiger partial charge on any atom is 0.0662 e. The van der Waals surface area contributed by atoms with Crippen molar-refractivity contribution >= 4 is 28.3 Å². The van der Waals surface area contributed by atoms with Gasteiger partial charge in [-0.05, 0) is 42.5 Å². The van der Waals surface area contributed by atoms with Crippen LogP contribution in [0.15, 0.2) is 65.3 Å². The SMILES string of the molecule is Brc1ccc(CNC2CCCc3c2cnn3Cc2ccccc2)cc1.Cl. The number of fused-ring (bicyclic) bond motifs is 1. The molecule has 3 aromatic rings. The second kappa shape index (κ2) is 8.85. The molecular weight excluding hydrogens is 410 g/mol. The van der Waals surface area contributed by atoms with E-state index in [9.17, 15) is 0 Å². The molecule has 0 radical (unpaired) electrons. The van der Waals surface area contributed by atoms with Gasteiger partial charge in [0.25, 0.3) is 0 Å². The number of aromatic nitrogens is 2. The lowest BCUT2D eigenvalue weighted by molar-refractivity contribution is 0.449. The van der Waals surface area contributed by atoms with Gasteiger partial charge in [0.15, 0.2) is 0 Å².